The third kappa shape index (κ3) is 4.35. The molecule has 2 aliphatic rings. The fraction of sp³-hybridized carbons (Fsp3) is 0.133. The number of fused-ring (bicyclic) bond motifs is 2. The van der Waals surface area contributed by atoms with Gasteiger partial charge in [0, 0.05) is 18.5 Å². The molecule has 3 aromatic rings. The van der Waals surface area contributed by atoms with Crippen molar-refractivity contribution in [3.8, 4) is 11.5 Å². The molecule has 0 N–H and O–H groups in total. The molecule has 3 heteroatoms. The van der Waals surface area contributed by atoms with E-state index >= 15 is 0 Å². The number of nitrogens with zero attached hydrogens (tertiary/aromatic N) is 1. The van der Waals surface area contributed by atoms with Gasteiger partial charge in [-0.25, -0.2) is 0 Å². The molecular weight excluding hydrogens is 406 g/mol. The van der Waals surface area contributed by atoms with E-state index in [0.29, 0.717) is 13.2 Å². The lowest BCUT2D eigenvalue weighted by molar-refractivity contribution is 0.255. The van der Waals surface area contributed by atoms with E-state index in [1.807, 2.05) is 42.5 Å². The van der Waals surface area contributed by atoms with Gasteiger partial charge in [-0.2, -0.15) is 0 Å². The van der Waals surface area contributed by atoms with Gasteiger partial charge in [0.1, 0.15) is 13.2 Å². The molecule has 1 heterocycles. The molecule has 0 bridgehead atoms. The van der Waals surface area contributed by atoms with Crippen molar-refractivity contribution < 1.29 is 9.47 Å². The highest BCUT2D eigenvalue weighted by molar-refractivity contribution is 5.75. The predicted octanol–water partition coefficient (Wildman–Crippen LogP) is 5.08. The van der Waals surface area contributed by atoms with Gasteiger partial charge >= 0.3 is 0 Å². The van der Waals surface area contributed by atoms with Crippen LogP contribution in [0.3, 0.4) is 0 Å². The molecular formula is C30H27NO2. The predicted molar refractivity (Wildman–Crippen MR) is 134 cm³/mol. The molecule has 0 amide bonds. The van der Waals surface area contributed by atoms with Crippen molar-refractivity contribution in [2.75, 3.05) is 7.05 Å². The van der Waals surface area contributed by atoms with E-state index in [1.165, 1.54) is 16.5 Å². The van der Waals surface area contributed by atoms with E-state index in [2.05, 4.69) is 73.3 Å². The summed E-state index contributed by atoms with van der Waals surface area (Å²) in [7, 11) is 2.09. The van der Waals surface area contributed by atoms with Crippen LogP contribution in [0.25, 0.3) is 11.8 Å². The fourth-order valence-corrected chi connectivity index (χ4v) is 4.39. The molecule has 0 spiro atoms. The third-order valence-electron chi connectivity index (χ3n) is 6.00. The summed E-state index contributed by atoms with van der Waals surface area (Å²) in [4.78, 5) is 2.18. The molecule has 1 aliphatic carbocycles. The number of benzene rings is 3. The highest BCUT2D eigenvalue weighted by atomic mass is 16.5. The van der Waals surface area contributed by atoms with Crippen LogP contribution in [0.1, 0.15) is 17.5 Å². The summed E-state index contributed by atoms with van der Waals surface area (Å²) in [5, 5.41) is 2.31. The van der Waals surface area contributed by atoms with Crippen LogP contribution in [0.5, 0.6) is 11.5 Å². The van der Waals surface area contributed by atoms with Crippen molar-refractivity contribution in [1.82, 2.24) is 4.90 Å². The molecule has 3 nitrogen and oxygen atoms in total. The number of hydrogen-bond donors (Lipinski definition) is 0. The monoisotopic (exact) mass is 433 g/mol. The van der Waals surface area contributed by atoms with Gasteiger partial charge < -0.3 is 14.4 Å². The van der Waals surface area contributed by atoms with Crippen molar-refractivity contribution in [3.05, 3.63) is 130 Å². The van der Waals surface area contributed by atoms with E-state index in [9.17, 15) is 0 Å². The Kier molecular flexibility index (Phi) is 5.86. The average molecular weight is 434 g/mol. The molecule has 3 aromatic carbocycles. The highest BCUT2D eigenvalue weighted by Crippen LogP contribution is 2.32. The van der Waals surface area contributed by atoms with E-state index in [-0.39, 0.29) is 0 Å². The Morgan fingerprint density at radius 1 is 0.879 bits per heavy atom. The van der Waals surface area contributed by atoms with Crippen molar-refractivity contribution in [1.29, 1.82) is 0 Å². The maximum absolute atomic E-state index is 6.32. The maximum Gasteiger partial charge on any atom is 0.162 e. The molecule has 5 rings (SSSR count). The van der Waals surface area contributed by atoms with Gasteiger partial charge in [0.25, 0.3) is 0 Å². The van der Waals surface area contributed by atoms with Gasteiger partial charge in [0.2, 0.25) is 0 Å². The zero-order valence-corrected chi connectivity index (χ0v) is 18.8. The Balaban J connectivity index is 1.58. The quantitative estimate of drug-likeness (QED) is 0.519. The summed E-state index contributed by atoms with van der Waals surface area (Å²) >= 11 is 0. The summed E-state index contributed by atoms with van der Waals surface area (Å²) in [5.74, 6) is 1.51. The lowest BCUT2D eigenvalue weighted by Crippen LogP contribution is -2.37. The maximum atomic E-state index is 6.32. The number of ether oxygens (including phenoxy) is 2. The average Bonchev–Trinajstić information content (AvgIpc) is 2.87. The third-order valence-corrected chi connectivity index (χ3v) is 6.00. The Bertz CT molecular complexity index is 1350. The zero-order valence-electron chi connectivity index (χ0n) is 18.8. The van der Waals surface area contributed by atoms with Gasteiger partial charge in [-0.15, -0.1) is 0 Å². The largest absolute Gasteiger partial charge is 0.485 e. The smallest absolute Gasteiger partial charge is 0.162 e. The summed E-state index contributed by atoms with van der Waals surface area (Å²) in [5.41, 5.74) is 5.87. The Morgan fingerprint density at radius 3 is 2.09 bits per heavy atom. The van der Waals surface area contributed by atoms with Crippen LogP contribution in [0.2, 0.25) is 0 Å². The van der Waals surface area contributed by atoms with Gasteiger partial charge in [-0.1, -0.05) is 85.5 Å². The fourth-order valence-electron chi connectivity index (χ4n) is 4.39. The lowest BCUT2D eigenvalue weighted by atomic mass is 9.92. The molecule has 1 aliphatic heterocycles. The number of allylic oxidation sites excluding steroid dienone is 5. The van der Waals surface area contributed by atoms with E-state index in [0.717, 1.165) is 39.8 Å². The zero-order chi connectivity index (χ0) is 22.6. The molecule has 0 radical (unpaired) electrons. The van der Waals surface area contributed by atoms with Crippen LogP contribution in [0.15, 0.2) is 109 Å². The van der Waals surface area contributed by atoms with E-state index < -0.39 is 0 Å². The first-order valence-electron chi connectivity index (χ1n) is 11.2. The second-order valence-corrected chi connectivity index (χ2v) is 8.27. The van der Waals surface area contributed by atoms with Crippen molar-refractivity contribution >= 4 is 11.8 Å². The second kappa shape index (κ2) is 9.25. The minimum Gasteiger partial charge on any atom is -0.485 e. The van der Waals surface area contributed by atoms with Crippen molar-refractivity contribution in [2.45, 2.75) is 19.6 Å². The Labute approximate surface area is 194 Å². The summed E-state index contributed by atoms with van der Waals surface area (Å²) in [6.45, 7) is 4.98. The SMILES string of the molecule is C=CC1=C2C(=c3cc(OCc4ccccc4)c(OCc4ccccc4)cc3=CN2C)CC=C1. The minimum atomic E-state index is 0.487. The molecule has 164 valence electrons. The van der Waals surface area contributed by atoms with E-state index in [1.54, 1.807) is 0 Å². The molecule has 0 saturated heterocycles. The highest BCUT2D eigenvalue weighted by Gasteiger charge is 2.21. The molecule has 33 heavy (non-hydrogen) atoms. The minimum absolute atomic E-state index is 0.487. The molecule has 0 saturated carbocycles. The van der Waals surface area contributed by atoms with Crippen LogP contribution in [-0.4, -0.2) is 11.9 Å². The van der Waals surface area contributed by atoms with Gasteiger partial charge in [0.15, 0.2) is 11.5 Å². The Hall–Kier alpha value is -3.98. The van der Waals surface area contributed by atoms with Gasteiger partial charge in [-0.05, 0) is 46.0 Å². The van der Waals surface area contributed by atoms with Crippen molar-refractivity contribution in [2.24, 2.45) is 0 Å². The van der Waals surface area contributed by atoms with Crippen LogP contribution in [0, 0.1) is 0 Å². The molecule has 0 atom stereocenters. The first-order chi connectivity index (χ1) is 16.2. The Morgan fingerprint density at radius 2 is 1.48 bits per heavy atom. The molecule has 0 aromatic heterocycles. The van der Waals surface area contributed by atoms with Crippen LogP contribution < -0.4 is 19.9 Å². The van der Waals surface area contributed by atoms with E-state index in [4.69, 9.17) is 9.47 Å². The van der Waals surface area contributed by atoms with Crippen LogP contribution >= 0.6 is 0 Å². The van der Waals surface area contributed by atoms with Crippen molar-refractivity contribution in [3.63, 3.8) is 0 Å². The summed E-state index contributed by atoms with van der Waals surface area (Å²) < 4.78 is 12.6. The molecule has 0 unspecified atom stereocenters. The van der Waals surface area contributed by atoms with Crippen LogP contribution in [0.4, 0.5) is 0 Å². The van der Waals surface area contributed by atoms with Gasteiger partial charge in [0.05, 0.1) is 5.70 Å². The lowest BCUT2D eigenvalue weighted by Gasteiger charge is -2.29. The molecule has 0 fully saturated rings. The first-order valence-corrected chi connectivity index (χ1v) is 11.2. The summed E-state index contributed by atoms with van der Waals surface area (Å²) in [6, 6.07) is 24.7. The standard InChI is InChI=1S/C30H27NO2/c1-3-24-15-10-16-26-27-18-29(33-21-23-13-8-5-9-14-23)28(17-25(27)19-31(2)30(24)26)32-20-22-11-6-4-7-12-22/h3-15,17-19H,1,16,20-21H2,2H3. The first kappa shape index (κ1) is 20.9. The van der Waals surface area contributed by atoms with Gasteiger partial charge in [-0.3, -0.25) is 0 Å². The number of rotatable bonds is 7. The normalized spacial score (nSPS) is 14.3. The van der Waals surface area contributed by atoms with Crippen LogP contribution in [-0.2, 0) is 13.2 Å². The summed E-state index contributed by atoms with van der Waals surface area (Å²) in [6.07, 6.45) is 9.30. The second-order valence-electron chi connectivity index (χ2n) is 8.27. The topological polar surface area (TPSA) is 21.7 Å². The number of hydrogen-bond acceptors (Lipinski definition) is 3.